The molecule has 125 heavy (non-hydrogen) atoms. The fraction of sp³-hybridized carbons (Fsp3) is 0.938. The topological polar surface area (TPSA) is 683 Å². The van der Waals surface area contributed by atoms with Gasteiger partial charge in [-0.15, -0.1) is 0 Å². The molecule has 9 saturated heterocycles. The third kappa shape index (κ3) is 17.6. The van der Waals surface area contributed by atoms with Gasteiger partial charge in [0.15, 0.2) is 62.7 Å². The molecule has 44 nitrogen and oxygen atoms in total. The van der Waals surface area contributed by atoms with E-state index in [1.54, 1.807) is 0 Å². The average Bonchev–Trinajstić information content (AvgIpc) is 0.665. The minimum atomic E-state index is -2.22. The molecular formula is C81H128O44. The van der Waals surface area contributed by atoms with Crippen LogP contribution >= 0.6 is 0 Å². The lowest BCUT2D eigenvalue weighted by Crippen LogP contribution is -2.69. The molecule has 44 heteroatoms. The third-order valence-corrected chi connectivity index (χ3v) is 30.3. The summed E-state index contributed by atoms with van der Waals surface area (Å²) in [6.07, 6.45) is -76.9. The Bertz CT molecular complexity index is 3750. The van der Waals surface area contributed by atoms with Crippen LogP contribution in [0.4, 0.5) is 0 Å². The maximum absolute atomic E-state index is 16.4. The highest BCUT2D eigenvalue weighted by molar-refractivity contribution is 5.80. The van der Waals surface area contributed by atoms with Gasteiger partial charge in [0.1, 0.15) is 190 Å². The molecule has 0 radical (unpaired) electrons. The molecule has 23 N–H and O–H groups in total. The van der Waals surface area contributed by atoms with Crippen LogP contribution in [0, 0.1) is 50.2 Å². The minimum Gasteiger partial charge on any atom is -0.432 e. The number of carbonyl (C=O) groups excluding carboxylic acids is 3. The van der Waals surface area contributed by atoms with Gasteiger partial charge in [-0.2, -0.15) is 0 Å². The molecule has 9 aliphatic heterocycles. The molecule has 0 aromatic rings. The summed E-state index contributed by atoms with van der Waals surface area (Å²) >= 11 is 0. The Kier molecular flexibility index (Phi) is 29.1. The summed E-state index contributed by atoms with van der Waals surface area (Å²) in [5.41, 5.74) is -5.54. The summed E-state index contributed by atoms with van der Waals surface area (Å²) in [7, 11) is 0. The summed E-state index contributed by atoms with van der Waals surface area (Å²) in [6, 6.07) is 0. The van der Waals surface area contributed by atoms with Crippen LogP contribution < -0.4 is 0 Å². The predicted octanol–water partition coefficient (Wildman–Crippen LogP) is -9.56. The summed E-state index contributed by atoms with van der Waals surface area (Å²) in [5.74, 6) is -2.72. The van der Waals surface area contributed by atoms with Gasteiger partial charge < -0.3 is 212 Å². The first-order valence-corrected chi connectivity index (χ1v) is 43.1. The van der Waals surface area contributed by atoms with Crippen molar-refractivity contribution >= 4 is 18.5 Å². The van der Waals surface area contributed by atoms with Crippen LogP contribution in [0.15, 0.2) is 11.6 Å². The SMILES string of the molecule is [3H]C(=O)C1OC(O[C@H]2CC[C@@]3(C)C(C2)[C@@](C)(C=O)C[C@]2(C)C3CC=C3C4CC(C)(C)CC[C@]4(C(=O)OC4OC(C)C(OC5OC(C)C(O)C(OC6OCC(O)C(O)C6O)C5O)C(O)C4OC4OC(C)C(OC5OCC(O)C(OC6OC(CO)C(O)C(O)C6O)C5O)C(O)C4O)[C@H](O)C[C@]32C)C(OC2OC(CO)C(O)C(O)C2O)C(OC2OCC(O)C(O)C2O)C1O. The molecular weight excluding hydrogens is 1680 g/mol. The molecule has 9 heterocycles. The number of aliphatic hydroxyl groups excluding tert-OH is 23. The van der Waals surface area contributed by atoms with E-state index >= 15 is 4.79 Å². The van der Waals surface area contributed by atoms with E-state index in [1.165, 1.54) is 20.8 Å². The lowest BCUT2D eigenvalue weighted by molar-refractivity contribution is -0.392. The first-order chi connectivity index (χ1) is 59.1. The van der Waals surface area contributed by atoms with Crippen molar-refractivity contribution in [3.05, 3.63) is 11.6 Å². The number of aliphatic hydroxyl groups is 23. The fourth-order valence-corrected chi connectivity index (χ4v) is 22.9. The number of fused-ring (bicyclic) bond motifs is 7. The van der Waals surface area contributed by atoms with Crippen LogP contribution in [0.3, 0.4) is 0 Å². The monoisotopic (exact) mass is 1810 g/mol. The van der Waals surface area contributed by atoms with Gasteiger partial charge in [-0.25, -0.2) is 0 Å². The number of aldehydes is 2. The van der Waals surface area contributed by atoms with Gasteiger partial charge in [-0.05, 0) is 118 Å². The molecule has 52 atom stereocenters. The largest absolute Gasteiger partial charge is 0.432 e. The molecule has 14 aliphatic rings. The Morgan fingerprint density at radius 3 is 1.49 bits per heavy atom. The van der Waals surface area contributed by atoms with Crippen LogP contribution in [0.25, 0.3) is 0 Å². The number of carbonyl (C=O) groups is 3. The van der Waals surface area contributed by atoms with E-state index in [0.29, 0.717) is 19.3 Å². The predicted molar refractivity (Wildman–Crippen MR) is 404 cm³/mol. The van der Waals surface area contributed by atoms with Crippen molar-refractivity contribution in [2.24, 2.45) is 50.2 Å². The van der Waals surface area contributed by atoms with Crippen molar-refractivity contribution in [1.29, 1.82) is 0 Å². The van der Waals surface area contributed by atoms with Gasteiger partial charge >= 0.3 is 5.97 Å². The van der Waals surface area contributed by atoms with E-state index in [4.69, 9.17) is 86.6 Å². The Morgan fingerprint density at radius 2 is 0.912 bits per heavy atom. The van der Waals surface area contributed by atoms with Crippen LogP contribution in [0.5, 0.6) is 0 Å². The van der Waals surface area contributed by atoms with Gasteiger partial charge in [0.05, 0.1) is 63.6 Å². The van der Waals surface area contributed by atoms with E-state index < -0.39 is 360 Å². The summed E-state index contributed by atoms with van der Waals surface area (Å²) < 4.78 is 117. The molecule has 13 fully saturated rings. The average molecular weight is 1810 g/mol. The quantitative estimate of drug-likeness (QED) is 0.0207. The zero-order chi connectivity index (χ0) is 91.9. The van der Waals surface area contributed by atoms with Crippen molar-refractivity contribution in [3.8, 4) is 0 Å². The van der Waals surface area contributed by atoms with Gasteiger partial charge in [0.25, 0.3) is 0 Å². The molecule has 0 amide bonds. The van der Waals surface area contributed by atoms with E-state index in [9.17, 15) is 127 Å². The lowest BCUT2D eigenvalue weighted by atomic mass is 9.32. The first kappa shape index (κ1) is 96.5. The van der Waals surface area contributed by atoms with Gasteiger partial charge in [-0.3, -0.25) is 4.79 Å². The number of ether oxygens (including phenoxy) is 18. The summed E-state index contributed by atoms with van der Waals surface area (Å²) in [5, 5.41) is 257. The highest BCUT2D eigenvalue weighted by Gasteiger charge is 2.74. The molecule has 0 spiro atoms. The zero-order valence-corrected chi connectivity index (χ0v) is 70.5. The molecule has 716 valence electrons. The molecule has 0 aromatic carbocycles. The highest BCUT2D eigenvalue weighted by Crippen LogP contribution is 2.77. The number of hydrogen-bond donors (Lipinski definition) is 23. The van der Waals surface area contributed by atoms with Gasteiger partial charge in [0.2, 0.25) is 6.29 Å². The maximum atomic E-state index is 16.4. The zero-order valence-electron chi connectivity index (χ0n) is 71.5. The first-order valence-electron chi connectivity index (χ1n) is 43.6. The normalized spacial score (nSPS) is 55.7. The van der Waals surface area contributed by atoms with Crippen LogP contribution in [0.1, 0.15) is 121 Å². The number of hydrogen-bond acceptors (Lipinski definition) is 44. The Labute approximate surface area is 719 Å². The number of esters is 1. The smallest absolute Gasteiger partial charge is 0.317 e. The van der Waals surface area contributed by atoms with Crippen molar-refractivity contribution in [1.82, 2.24) is 0 Å². The molecule has 5 aliphatic carbocycles. The van der Waals surface area contributed by atoms with E-state index in [-0.39, 0.29) is 44.4 Å². The summed E-state index contributed by atoms with van der Waals surface area (Å²) in [6.45, 7) is 12.6. The maximum Gasteiger partial charge on any atom is 0.317 e. The van der Waals surface area contributed by atoms with Crippen LogP contribution in [-0.2, 0) is 99.6 Å². The molecule has 0 bridgehead atoms. The van der Waals surface area contributed by atoms with E-state index in [0.717, 1.165) is 11.9 Å². The number of allylic oxidation sites excluding steroid dienone is 2. The van der Waals surface area contributed by atoms with Crippen molar-refractivity contribution < 1.29 is 218 Å². The van der Waals surface area contributed by atoms with Gasteiger partial charge in [0, 0.05) is 5.41 Å². The van der Waals surface area contributed by atoms with Crippen LogP contribution in [-0.4, -0.2) is 439 Å². The Morgan fingerprint density at radius 1 is 0.440 bits per heavy atom. The Hall–Kier alpha value is -3.05. The van der Waals surface area contributed by atoms with Crippen molar-refractivity contribution in [2.75, 3.05) is 33.0 Å². The second kappa shape index (κ2) is 37.7. The van der Waals surface area contributed by atoms with Crippen LogP contribution in [0.2, 0.25) is 0 Å². The molecule has 14 rings (SSSR count). The van der Waals surface area contributed by atoms with E-state index in [1.807, 2.05) is 27.7 Å². The fourth-order valence-electron chi connectivity index (χ4n) is 22.9. The van der Waals surface area contributed by atoms with E-state index in [2.05, 4.69) is 19.9 Å². The standard InChI is InChI=1S/C81H128O44/c1-27-42(90)62(121-66-51(99)43(91)33(86)22-108-66)58(106)72(111-27)119-60-29(3)113-73(64(56(60)104)123-69-55(103)50(98)59(28(2)112-69)118-68-57(105)61(35(88)24-110-68)120-70-53(101)48(96)45(93)36(19-82)115-70)125-75(107)81-15-14-76(4,5)17-32(81)31-10-11-39-78(7)13-12-30(16-40(78)77(6,26-85)25-80(39,9)79(31,8)18-41(81)89)114-74-65(124-71-54(102)49(97)46(94)37(20-83)116-71)63(47(95)38(21-84)117-74)122-67-52(100)44(92)34(87)23-109-67/h10,21,26-30,32-74,82-83,86-106H,11-20,22-25H2,1-9H3/t27?,28?,29?,30-,32?,33?,34?,35?,36?,37?,38?,39?,40?,41+,42?,43?,44?,45?,46?,47?,48?,49?,50?,51?,52?,53?,54?,55?,56?,57?,58?,59?,60?,61?,62?,63?,64?,65?,66?,67?,68?,69?,70?,71?,72?,73?,74?,77+,78+,79+,80+,81+/m0/s1/i21T. The highest BCUT2D eigenvalue weighted by atomic mass is 16.8. The molecule has 0 aromatic heterocycles. The van der Waals surface area contributed by atoms with Crippen molar-refractivity contribution in [3.63, 3.8) is 0 Å². The second-order valence-corrected chi connectivity index (χ2v) is 38.7. The van der Waals surface area contributed by atoms with Crippen molar-refractivity contribution in [2.45, 2.75) is 390 Å². The molecule has 4 saturated carbocycles. The number of rotatable bonds is 22. The lowest BCUT2D eigenvalue weighted by Gasteiger charge is -2.72. The second-order valence-electron chi connectivity index (χ2n) is 38.7. The molecule has 45 unspecified atom stereocenters. The Balaban J connectivity index is 0.737. The minimum absolute atomic E-state index is 0.0000404. The van der Waals surface area contributed by atoms with Gasteiger partial charge in [-0.1, -0.05) is 53.2 Å². The summed E-state index contributed by atoms with van der Waals surface area (Å²) in [4.78, 5) is 44.0. The third-order valence-electron chi connectivity index (χ3n) is 30.3.